The van der Waals surface area contributed by atoms with Crippen LogP contribution in [0, 0.1) is 0 Å². The largest absolute Gasteiger partial charge is 0.468 e. The fourth-order valence-electron chi connectivity index (χ4n) is 2.07. The number of hydrogen-bond donors (Lipinski definition) is 1. The van der Waals surface area contributed by atoms with Crippen LogP contribution < -0.4 is 5.32 Å². The third-order valence-electron chi connectivity index (χ3n) is 3.11. The first-order valence-electron chi connectivity index (χ1n) is 6.62. The molecule has 1 aromatic heterocycles. The van der Waals surface area contributed by atoms with Crippen molar-refractivity contribution in [3.8, 4) is 0 Å². The van der Waals surface area contributed by atoms with Gasteiger partial charge in [0, 0.05) is 47.5 Å². The molecule has 18 heavy (non-hydrogen) atoms. The molecule has 1 N–H and O–H groups in total. The summed E-state index contributed by atoms with van der Waals surface area (Å²) in [6.07, 6.45) is 2.98. The van der Waals surface area contributed by atoms with E-state index in [-0.39, 0.29) is 0 Å². The van der Waals surface area contributed by atoms with Crippen molar-refractivity contribution in [2.45, 2.75) is 26.4 Å². The fraction of sp³-hybridized carbons (Fsp3) is 0.692. The van der Waals surface area contributed by atoms with Gasteiger partial charge in [-0.25, -0.2) is 0 Å². The van der Waals surface area contributed by atoms with Crippen molar-refractivity contribution in [1.29, 1.82) is 0 Å². The van der Waals surface area contributed by atoms with Crippen LogP contribution in [0.2, 0.25) is 0 Å². The molecule has 5 heteroatoms. The highest BCUT2D eigenvalue weighted by Crippen LogP contribution is 2.12. The maximum atomic E-state index is 11.3. The van der Waals surface area contributed by atoms with Crippen molar-refractivity contribution in [3.05, 3.63) is 23.7 Å². The molecule has 0 spiro atoms. The summed E-state index contributed by atoms with van der Waals surface area (Å²) in [6.45, 7) is 6.74. The second-order valence-electron chi connectivity index (χ2n) is 4.72. The van der Waals surface area contributed by atoms with Gasteiger partial charge in [0.15, 0.2) is 0 Å². The van der Waals surface area contributed by atoms with Crippen molar-refractivity contribution in [2.24, 2.45) is 0 Å². The lowest BCUT2D eigenvalue weighted by Crippen LogP contribution is -2.37. The standard InChI is InChI=1S/C13H22N2O2S/c1-2-3-14-9-12-8-13(17-11-12)10-15-4-6-18(16)7-5-15/h8,11,14H,2-7,9-10H2,1H3. The molecule has 0 amide bonds. The Morgan fingerprint density at radius 2 is 2.22 bits per heavy atom. The van der Waals surface area contributed by atoms with Gasteiger partial charge in [-0.15, -0.1) is 0 Å². The molecule has 1 aromatic rings. The zero-order valence-electron chi connectivity index (χ0n) is 11.0. The zero-order valence-corrected chi connectivity index (χ0v) is 11.8. The predicted molar refractivity (Wildman–Crippen MR) is 73.9 cm³/mol. The van der Waals surface area contributed by atoms with E-state index in [1.807, 2.05) is 6.26 Å². The second kappa shape index (κ2) is 7.07. The van der Waals surface area contributed by atoms with Crippen LogP contribution in [0.3, 0.4) is 0 Å². The number of furan rings is 1. The van der Waals surface area contributed by atoms with Crippen LogP contribution in [0.4, 0.5) is 0 Å². The van der Waals surface area contributed by atoms with E-state index in [0.29, 0.717) is 0 Å². The summed E-state index contributed by atoms with van der Waals surface area (Å²) < 4.78 is 16.8. The van der Waals surface area contributed by atoms with Gasteiger partial charge in [0.1, 0.15) is 5.76 Å². The Bertz CT molecular complexity index is 382. The minimum Gasteiger partial charge on any atom is -0.468 e. The van der Waals surface area contributed by atoms with Gasteiger partial charge in [-0.1, -0.05) is 6.92 Å². The molecule has 1 saturated heterocycles. The number of nitrogens with one attached hydrogen (secondary N) is 1. The predicted octanol–water partition coefficient (Wildman–Crippen LogP) is 1.34. The molecule has 1 fully saturated rings. The van der Waals surface area contributed by atoms with Crippen molar-refractivity contribution in [2.75, 3.05) is 31.1 Å². The lowest BCUT2D eigenvalue weighted by Gasteiger charge is -2.24. The molecule has 0 radical (unpaired) electrons. The van der Waals surface area contributed by atoms with E-state index in [9.17, 15) is 4.21 Å². The van der Waals surface area contributed by atoms with Gasteiger partial charge in [0.2, 0.25) is 0 Å². The van der Waals surface area contributed by atoms with Crippen LogP contribution in [-0.4, -0.2) is 40.2 Å². The number of rotatable bonds is 6. The third-order valence-corrected chi connectivity index (χ3v) is 4.39. The highest BCUT2D eigenvalue weighted by Gasteiger charge is 2.16. The van der Waals surface area contributed by atoms with E-state index in [0.717, 1.165) is 56.4 Å². The first kappa shape index (κ1) is 13.8. The molecule has 1 aliphatic heterocycles. The van der Waals surface area contributed by atoms with Crippen LogP contribution in [0.5, 0.6) is 0 Å². The summed E-state index contributed by atoms with van der Waals surface area (Å²) in [7, 11) is -0.601. The van der Waals surface area contributed by atoms with E-state index in [1.165, 1.54) is 5.56 Å². The van der Waals surface area contributed by atoms with Gasteiger partial charge in [-0.3, -0.25) is 9.11 Å². The quantitative estimate of drug-likeness (QED) is 0.793. The topological polar surface area (TPSA) is 45.5 Å². The fourth-order valence-corrected chi connectivity index (χ4v) is 3.19. The molecule has 0 saturated carbocycles. The first-order chi connectivity index (χ1) is 8.78. The van der Waals surface area contributed by atoms with Crippen molar-refractivity contribution < 1.29 is 8.63 Å². The molecule has 2 rings (SSSR count). The minimum atomic E-state index is -0.601. The van der Waals surface area contributed by atoms with E-state index in [2.05, 4.69) is 23.2 Å². The third kappa shape index (κ3) is 4.23. The van der Waals surface area contributed by atoms with Crippen molar-refractivity contribution in [1.82, 2.24) is 10.2 Å². The molecule has 2 heterocycles. The van der Waals surface area contributed by atoms with E-state index in [1.54, 1.807) is 0 Å². The molecule has 0 bridgehead atoms. The maximum Gasteiger partial charge on any atom is 0.118 e. The van der Waals surface area contributed by atoms with Gasteiger partial charge >= 0.3 is 0 Å². The smallest absolute Gasteiger partial charge is 0.118 e. The molecule has 0 aliphatic carbocycles. The summed E-state index contributed by atoms with van der Waals surface area (Å²) in [6, 6.07) is 2.12. The van der Waals surface area contributed by atoms with Crippen LogP contribution >= 0.6 is 0 Å². The molecular formula is C13H22N2O2S. The normalized spacial score (nSPS) is 18.3. The average molecular weight is 270 g/mol. The maximum absolute atomic E-state index is 11.3. The Balaban J connectivity index is 1.77. The SMILES string of the molecule is CCCNCc1coc(CN2CCS(=O)CC2)c1. The van der Waals surface area contributed by atoms with E-state index >= 15 is 0 Å². The molecular weight excluding hydrogens is 248 g/mol. The molecule has 1 aliphatic rings. The lowest BCUT2D eigenvalue weighted by molar-refractivity contribution is 0.265. The van der Waals surface area contributed by atoms with Gasteiger partial charge in [-0.2, -0.15) is 0 Å². The highest BCUT2D eigenvalue weighted by atomic mass is 32.2. The Morgan fingerprint density at radius 3 is 2.94 bits per heavy atom. The average Bonchev–Trinajstić information content (AvgIpc) is 2.80. The first-order valence-corrected chi connectivity index (χ1v) is 8.11. The van der Waals surface area contributed by atoms with E-state index in [4.69, 9.17) is 4.42 Å². The summed E-state index contributed by atoms with van der Waals surface area (Å²) in [5.74, 6) is 2.60. The molecule has 102 valence electrons. The highest BCUT2D eigenvalue weighted by molar-refractivity contribution is 7.85. The van der Waals surface area contributed by atoms with Gasteiger partial charge in [-0.05, 0) is 19.0 Å². The summed E-state index contributed by atoms with van der Waals surface area (Å²) in [5, 5.41) is 3.36. The van der Waals surface area contributed by atoms with Crippen molar-refractivity contribution >= 4 is 10.8 Å². The van der Waals surface area contributed by atoms with E-state index < -0.39 is 10.8 Å². The molecule has 4 nitrogen and oxygen atoms in total. The zero-order chi connectivity index (χ0) is 12.8. The summed E-state index contributed by atoms with van der Waals surface area (Å²) >= 11 is 0. The van der Waals surface area contributed by atoms with Crippen LogP contribution in [0.15, 0.2) is 16.7 Å². The van der Waals surface area contributed by atoms with Crippen LogP contribution in [-0.2, 0) is 23.9 Å². The number of hydrogen-bond acceptors (Lipinski definition) is 4. The minimum absolute atomic E-state index is 0.601. The Hall–Kier alpha value is -0.650. The summed E-state index contributed by atoms with van der Waals surface area (Å²) in [5.41, 5.74) is 1.21. The molecule has 0 atom stereocenters. The summed E-state index contributed by atoms with van der Waals surface area (Å²) in [4.78, 5) is 2.31. The van der Waals surface area contributed by atoms with Gasteiger partial charge in [0.25, 0.3) is 0 Å². The Labute approximate surface area is 111 Å². The van der Waals surface area contributed by atoms with Crippen LogP contribution in [0.1, 0.15) is 24.7 Å². The molecule has 0 aromatic carbocycles. The van der Waals surface area contributed by atoms with Crippen LogP contribution in [0.25, 0.3) is 0 Å². The second-order valence-corrected chi connectivity index (χ2v) is 6.42. The molecule has 0 unspecified atom stereocenters. The number of nitrogens with zero attached hydrogens (tertiary/aromatic N) is 1. The Kier molecular flexibility index (Phi) is 5.41. The van der Waals surface area contributed by atoms with Crippen molar-refractivity contribution in [3.63, 3.8) is 0 Å². The van der Waals surface area contributed by atoms with Gasteiger partial charge < -0.3 is 9.73 Å². The van der Waals surface area contributed by atoms with Gasteiger partial charge in [0.05, 0.1) is 12.8 Å². The lowest BCUT2D eigenvalue weighted by atomic mass is 10.3. The Morgan fingerprint density at radius 1 is 1.44 bits per heavy atom. The monoisotopic (exact) mass is 270 g/mol.